The van der Waals surface area contributed by atoms with Crippen LogP contribution in [-0.4, -0.2) is 45.8 Å². The Morgan fingerprint density at radius 3 is 2.61 bits per heavy atom. The van der Waals surface area contributed by atoms with Gasteiger partial charge < -0.3 is 15.5 Å². The molecule has 1 aromatic carbocycles. The van der Waals surface area contributed by atoms with Crippen molar-refractivity contribution in [2.45, 2.75) is 52.1 Å². The molecule has 0 saturated carbocycles. The van der Waals surface area contributed by atoms with Gasteiger partial charge in [-0.15, -0.1) is 0 Å². The summed E-state index contributed by atoms with van der Waals surface area (Å²) >= 11 is 0. The predicted molar refractivity (Wildman–Crippen MR) is 109 cm³/mol. The smallest absolute Gasteiger partial charge is 0.317 e. The molecular weight excluding hydrogens is 354 g/mol. The van der Waals surface area contributed by atoms with E-state index in [9.17, 15) is 9.59 Å². The molecule has 1 unspecified atom stereocenters. The van der Waals surface area contributed by atoms with Crippen LogP contribution in [0.15, 0.2) is 36.5 Å². The second kappa shape index (κ2) is 8.91. The molecule has 1 fully saturated rings. The van der Waals surface area contributed by atoms with Gasteiger partial charge in [0.25, 0.3) is 5.91 Å². The quantitative estimate of drug-likeness (QED) is 0.828. The number of piperidine rings is 1. The van der Waals surface area contributed by atoms with Crippen molar-refractivity contribution in [3.63, 3.8) is 0 Å². The molecule has 3 rings (SSSR count). The lowest BCUT2D eigenvalue weighted by atomic mass is 10.1. The van der Waals surface area contributed by atoms with E-state index in [0.717, 1.165) is 24.8 Å². The van der Waals surface area contributed by atoms with Crippen molar-refractivity contribution in [1.82, 2.24) is 20.0 Å². The van der Waals surface area contributed by atoms with Gasteiger partial charge >= 0.3 is 6.03 Å². The number of nitrogens with zero attached hydrogens (tertiary/aromatic N) is 3. The molecule has 7 nitrogen and oxygen atoms in total. The Morgan fingerprint density at radius 1 is 1.21 bits per heavy atom. The van der Waals surface area contributed by atoms with Crippen LogP contribution in [-0.2, 0) is 0 Å². The van der Waals surface area contributed by atoms with Gasteiger partial charge in [0.05, 0.1) is 12.2 Å². The van der Waals surface area contributed by atoms with Crippen LogP contribution in [0.4, 0.5) is 10.6 Å². The molecule has 0 radical (unpaired) electrons. The van der Waals surface area contributed by atoms with Crippen LogP contribution >= 0.6 is 0 Å². The van der Waals surface area contributed by atoms with Crippen LogP contribution in [0.5, 0.6) is 0 Å². The summed E-state index contributed by atoms with van der Waals surface area (Å²) in [5, 5.41) is 10.4. The van der Waals surface area contributed by atoms with Crippen molar-refractivity contribution >= 4 is 17.8 Å². The van der Waals surface area contributed by atoms with E-state index in [4.69, 9.17) is 0 Å². The summed E-state index contributed by atoms with van der Waals surface area (Å²) in [6.45, 7) is 7.35. The molecule has 2 N–H and O–H groups in total. The zero-order chi connectivity index (χ0) is 20.1. The summed E-state index contributed by atoms with van der Waals surface area (Å²) in [4.78, 5) is 26.8. The second-order valence-electron chi connectivity index (χ2n) is 7.41. The van der Waals surface area contributed by atoms with Gasteiger partial charge in [0.2, 0.25) is 0 Å². The Balaban J connectivity index is 1.61. The first-order chi connectivity index (χ1) is 13.5. The van der Waals surface area contributed by atoms with Crippen LogP contribution in [0.3, 0.4) is 0 Å². The normalized spacial score (nSPS) is 15.9. The van der Waals surface area contributed by atoms with E-state index < -0.39 is 0 Å². The Kier molecular flexibility index (Phi) is 6.34. The number of aryl methyl sites for hydroxylation is 1. The highest BCUT2D eigenvalue weighted by Crippen LogP contribution is 2.26. The van der Waals surface area contributed by atoms with E-state index in [1.165, 1.54) is 0 Å². The molecule has 1 aliphatic heterocycles. The average Bonchev–Trinajstić information content (AvgIpc) is 3.16. The maximum atomic E-state index is 12.6. The molecule has 28 heavy (non-hydrogen) atoms. The minimum absolute atomic E-state index is 0.00124. The fourth-order valence-corrected chi connectivity index (χ4v) is 3.43. The number of hydrogen-bond acceptors (Lipinski definition) is 3. The molecule has 0 spiro atoms. The molecule has 7 heteroatoms. The Hall–Kier alpha value is -2.83. The third-order valence-electron chi connectivity index (χ3n) is 5.38. The zero-order valence-electron chi connectivity index (χ0n) is 16.8. The summed E-state index contributed by atoms with van der Waals surface area (Å²) in [6, 6.07) is 9.68. The number of aromatic nitrogens is 2. The van der Waals surface area contributed by atoms with E-state index in [1.54, 1.807) is 6.20 Å². The maximum absolute atomic E-state index is 12.6. The summed E-state index contributed by atoms with van der Waals surface area (Å²) in [7, 11) is 0. The number of nitrogens with one attached hydrogen (secondary N) is 2. The fraction of sp³-hybridized carbons (Fsp3) is 0.476. The highest BCUT2D eigenvalue weighted by Gasteiger charge is 2.26. The van der Waals surface area contributed by atoms with Crippen LogP contribution in [0.25, 0.3) is 0 Å². The topological polar surface area (TPSA) is 79.3 Å². The van der Waals surface area contributed by atoms with Gasteiger partial charge in [0.15, 0.2) is 0 Å². The number of urea groups is 1. The minimum Gasteiger partial charge on any atom is -0.336 e. The number of likely N-dealkylation sites (tertiary alicyclic amines) is 1. The van der Waals surface area contributed by atoms with Crippen LogP contribution < -0.4 is 10.6 Å². The Labute approximate surface area is 166 Å². The van der Waals surface area contributed by atoms with Crippen molar-refractivity contribution < 1.29 is 9.59 Å². The lowest BCUT2D eigenvalue weighted by molar-refractivity contribution is 0.102. The third-order valence-corrected chi connectivity index (χ3v) is 5.38. The number of anilines is 1. The van der Waals surface area contributed by atoms with E-state index in [0.29, 0.717) is 24.5 Å². The molecule has 0 aliphatic carbocycles. The van der Waals surface area contributed by atoms with Crippen molar-refractivity contribution in [2.75, 3.05) is 18.4 Å². The highest BCUT2D eigenvalue weighted by molar-refractivity contribution is 6.04. The van der Waals surface area contributed by atoms with E-state index in [-0.39, 0.29) is 24.0 Å². The van der Waals surface area contributed by atoms with Crippen molar-refractivity contribution in [2.24, 2.45) is 0 Å². The van der Waals surface area contributed by atoms with Gasteiger partial charge in [0.1, 0.15) is 5.82 Å². The largest absolute Gasteiger partial charge is 0.336 e. The summed E-state index contributed by atoms with van der Waals surface area (Å²) < 4.78 is 1.88. The SMILES string of the molecule is CCC(C)NC(=O)N1CCC(n2nccc2NC(=O)c2ccccc2C)CC1. The lowest BCUT2D eigenvalue weighted by Crippen LogP contribution is -2.47. The Morgan fingerprint density at radius 2 is 1.93 bits per heavy atom. The molecule has 150 valence electrons. The van der Waals surface area contributed by atoms with Crippen LogP contribution in [0, 0.1) is 6.92 Å². The maximum Gasteiger partial charge on any atom is 0.317 e. The minimum atomic E-state index is -0.134. The van der Waals surface area contributed by atoms with E-state index in [2.05, 4.69) is 22.7 Å². The molecular formula is C21H29N5O2. The zero-order valence-corrected chi connectivity index (χ0v) is 16.8. The van der Waals surface area contributed by atoms with Gasteiger partial charge in [0, 0.05) is 30.8 Å². The van der Waals surface area contributed by atoms with Crippen molar-refractivity contribution in [3.8, 4) is 0 Å². The van der Waals surface area contributed by atoms with Gasteiger partial charge in [-0.05, 0) is 44.7 Å². The number of hydrogen-bond donors (Lipinski definition) is 2. The van der Waals surface area contributed by atoms with Crippen molar-refractivity contribution in [1.29, 1.82) is 0 Å². The van der Waals surface area contributed by atoms with E-state index >= 15 is 0 Å². The first-order valence-corrected chi connectivity index (χ1v) is 9.95. The molecule has 2 aromatic rings. The number of rotatable bonds is 5. The first kappa shape index (κ1) is 19.9. The van der Waals surface area contributed by atoms with Gasteiger partial charge in [-0.1, -0.05) is 25.1 Å². The standard InChI is InChI=1S/C21H29N5O2/c1-4-16(3)23-21(28)25-13-10-17(11-14-25)26-19(9-12-22-26)24-20(27)18-8-6-5-7-15(18)2/h5-9,12,16-17H,4,10-11,13-14H2,1-3H3,(H,23,28)(H,24,27). The van der Waals surface area contributed by atoms with Crippen LogP contribution in [0.2, 0.25) is 0 Å². The van der Waals surface area contributed by atoms with Gasteiger partial charge in [-0.3, -0.25) is 4.79 Å². The third kappa shape index (κ3) is 4.52. The second-order valence-corrected chi connectivity index (χ2v) is 7.41. The molecule has 3 amide bonds. The lowest BCUT2D eigenvalue weighted by Gasteiger charge is -2.33. The highest BCUT2D eigenvalue weighted by atomic mass is 16.2. The predicted octanol–water partition coefficient (Wildman–Crippen LogP) is 3.59. The van der Waals surface area contributed by atoms with Crippen LogP contribution in [0.1, 0.15) is 55.1 Å². The molecule has 1 saturated heterocycles. The number of amides is 3. The molecule has 0 bridgehead atoms. The van der Waals surface area contributed by atoms with Gasteiger partial charge in [-0.2, -0.15) is 5.10 Å². The molecule has 1 atom stereocenters. The van der Waals surface area contributed by atoms with E-state index in [1.807, 2.05) is 53.8 Å². The molecule has 1 aromatic heterocycles. The average molecular weight is 383 g/mol. The Bertz CT molecular complexity index is 824. The number of benzene rings is 1. The summed E-state index contributed by atoms with van der Waals surface area (Å²) in [6.07, 6.45) is 4.24. The molecule has 1 aliphatic rings. The van der Waals surface area contributed by atoms with Crippen molar-refractivity contribution in [3.05, 3.63) is 47.7 Å². The summed E-state index contributed by atoms with van der Waals surface area (Å²) in [5.41, 5.74) is 1.60. The number of carbonyl (C=O) groups excluding carboxylic acids is 2. The van der Waals surface area contributed by atoms with Gasteiger partial charge in [-0.25, -0.2) is 9.48 Å². The first-order valence-electron chi connectivity index (χ1n) is 9.95. The fourth-order valence-electron chi connectivity index (χ4n) is 3.43. The summed E-state index contributed by atoms with van der Waals surface area (Å²) in [5.74, 6) is 0.556. The molecule has 2 heterocycles. The monoisotopic (exact) mass is 383 g/mol. The number of carbonyl (C=O) groups is 2.